The van der Waals surface area contributed by atoms with E-state index in [1.165, 1.54) is 98.9 Å². The number of fused-ring (bicyclic) bond motifs is 14. The van der Waals surface area contributed by atoms with Crippen molar-refractivity contribution in [3.8, 4) is 11.4 Å². The summed E-state index contributed by atoms with van der Waals surface area (Å²) in [7, 11) is 0. The van der Waals surface area contributed by atoms with Crippen molar-refractivity contribution in [2.45, 2.75) is 52.4 Å². The van der Waals surface area contributed by atoms with Gasteiger partial charge in [-0.15, -0.1) is 0 Å². The number of anilines is 12. The minimum Gasteiger partial charge on any atom is -0.311 e. The first-order chi connectivity index (χ1) is 45.9. The normalized spacial score (nSPS) is 13.7. The van der Waals surface area contributed by atoms with Gasteiger partial charge in [-0.1, -0.05) is 217 Å². The van der Waals surface area contributed by atoms with Crippen LogP contribution in [0.1, 0.15) is 52.7 Å². The van der Waals surface area contributed by atoms with Gasteiger partial charge in [-0.25, -0.2) is 0 Å². The van der Waals surface area contributed by atoms with Gasteiger partial charge in [0, 0.05) is 89.8 Å². The van der Waals surface area contributed by atoms with Gasteiger partial charge in [-0.2, -0.15) is 0 Å². The van der Waals surface area contributed by atoms with Crippen LogP contribution in [0.25, 0.3) is 55.0 Å². The van der Waals surface area contributed by atoms with Gasteiger partial charge in [0.1, 0.15) is 0 Å². The highest BCUT2D eigenvalue weighted by atomic mass is 15.2. The fourth-order valence-electron chi connectivity index (χ4n) is 16.5. The summed E-state index contributed by atoms with van der Waals surface area (Å²) in [6.07, 6.45) is 0. The third kappa shape index (κ3) is 7.92. The van der Waals surface area contributed by atoms with Gasteiger partial charge in [0.25, 0.3) is 13.4 Å². The molecule has 0 saturated carbocycles. The maximum absolute atomic E-state index is 2.66. The summed E-state index contributed by atoms with van der Waals surface area (Å²) in [4.78, 5) is 10.4. The number of hydrogen-bond donors (Lipinski definition) is 0. The number of nitrogens with zero attached hydrogens (tertiary/aromatic N) is 6. The van der Waals surface area contributed by atoms with Crippen molar-refractivity contribution in [2.24, 2.45) is 0 Å². The Morgan fingerprint density at radius 3 is 0.851 bits per heavy atom. The second-order valence-electron chi connectivity index (χ2n) is 28.1. The lowest BCUT2D eigenvalue weighted by molar-refractivity contribution is 0.590. The van der Waals surface area contributed by atoms with E-state index in [0.29, 0.717) is 0 Å². The monoisotopic (exact) mass is 1200 g/mol. The molecule has 8 heteroatoms. The molecule has 0 aliphatic carbocycles. The molecule has 6 heterocycles. The lowest BCUT2D eigenvalue weighted by Crippen LogP contribution is -2.65. The molecule has 0 unspecified atom stereocenters. The van der Waals surface area contributed by atoms with Gasteiger partial charge < -0.3 is 28.7 Å². The molecule has 0 N–H and O–H groups in total. The first kappa shape index (κ1) is 54.5. The lowest BCUT2D eigenvalue weighted by atomic mass is 9.30. The van der Waals surface area contributed by atoms with E-state index in [1.54, 1.807) is 0 Å². The maximum Gasteiger partial charge on any atom is 0.252 e. The highest BCUT2D eigenvalue weighted by Crippen LogP contribution is 2.51. The molecule has 6 nitrogen and oxygen atoms in total. The molecular formula is C86H66B2N6. The van der Waals surface area contributed by atoms with Crippen LogP contribution in [-0.4, -0.2) is 22.6 Å². The Hall–Kier alpha value is -11.2. The molecule has 0 atom stereocenters. The quantitative estimate of drug-likeness (QED) is 0.155. The first-order valence-corrected chi connectivity index (χ1v) is 33.1. The maximum atomic E-state index is 2.66. The molecule has 0 radical (unpaired) electrons. The minimum atomic E-state index is -0.156. The van der Waals surface area contributed by atoms with Crippen LogP contribution in [0.4, 0.5) is 68.2 Å². The lowest BCUT2D eigenvalue weighted by Gasteiger charge is -2.47. The number of aromatic nitrogens is 2. The molecule has 446 valence electrons. The van der Waals surface area contributed by atoms with Crippen LogP contribution in [0.2, 0.25) is 0 Å². The molecule has 19 rings (SSSR count). The highest BCUT2D eigenvalue weighted by molar-refractivity contribution is 7.03. The zero-order valence-electron chi connectivity index (χ0n) is 53.6. The Balaban J connectivity index is 0.960. The average Bonchev–Trinajstić information content (AvgIpc) is 0.737. The molecule has 15 aromatic rings. The summed E-state index contributed by atoms with van der Waals surface area (Å²) in [5, 5.41) is 4.93. The summed E-state index contributed by atoms with van der Waals surface area (Å²) >= 11 is 0. The van der Waals surface area contributed by atoms with Gasteiger partial charge in [0.2, 0.25) is 0 Å². The van der Waals surface area contributed by atoms with Crippen LogP contribution in [-0.2, 0) is 10.8 Å². The second kappa shape index (κ2) is 20.1. The van der Waals surface area contributed by atoms with E-state index in [4.69, 9.17) is 0 Å². The van der Waals surface area contributed by atoms with Gasteiger partial charge in [-0.05, 0) is 170 Å². The molecule has 0 amide bonds. The molecule has 13 aromatic carbocycles. The second-order valence-corrected chi connectivity index (χ2v) is 28.1. The smallest absolute Gasteiger partial charge is 0.252 e. The van der Waals surface area contributed by atoms with Crippen LogP contribution in [0.15, 0.2) is 291 Å². The van der Waals surface area contributed by atoms with E-state index in [9.17, 15) is 0 Å². The molecule has 2 aromatic heterocycles. The Morgan fingerprint density at radius 2 is 0.511 bits per heavy atom. The Bertz CT molecular complexity index is 5170. The van der Waals surface area contributed by atoms with E-state index < -0.39 is 0 Å². The summed E-state index contributed by atoms with van der Waals surface area (Å²) in [5.41, 5.74) is 30.7. The van der Waals surface area contributed by atoms with E-state index in [0.717, 1.165) is 68.2 Å². The van der Waals surface area contributed by atoms with E-state index in [-0.39, 0.29) is 24.3 Å². The van der Waals surface area contributed by atoms with Crippen LogP contribution >= 0.6 is 0 Å². The largest absolute Gasteiger partial charge is 0.311 e. The van der Waals surface area contributed by atoms with Crippen molar-refractivity contribution in [1.82, 2.24) is 9.13 Å². The highest BCUT2D eigenvalue weighted by Gasteiger charge is 2.49. The van der Waals surface area contributed by atoms with Crippen LogP contribution < -0.4 is 52.4 Å². The minimum absolute atomic E-state index is 0.0578. The van der Waals surface area contributed by atoms with E-state index in [2.05, 4.69) is 361 Å². The third-order valence-corrected chi connectivity index (χ3v) is 20.7. The van der Waals surface area contributed by atoms with Crippen LogP contribution in [0.5, 0.6) is 0 Å². The molecule has 0 spiro atoms. The average molecular weight is 1210 g/mol. The summed E-state index contributed by atoms with van der Waals surface area (Å²) < 4.78 is 5.02. The van der Waals surface area contributed by atoms with Crippen molar-refractivity contribution in [3.05, 3.63) is 302 Å². The van der Waals surface area contributed by atoms with Crippen LogP contribution in [0, 0.1) is 0 Å². The number of benzene rings is 13. The van der Waals surface area contributed by atoms with E-state index >= 15 is 0 Å². The predicted octanol–water partition coefficient (Wildman–Crippen LogP) is 18.6. The number of rotatable bonds is 6. The van der Waals surface area contributed by atoms with Crippen LogP contribution in [0.3, 0.4) is 0 Å². The molecule has 4 aliphatic heterocycles. The Morgan fingerprint density at radius 1 is 0.223 bits per heavy atom. The fourth-order valence-corrected chi connectivity index (χ4v) is 16.5. The summed E-state index contributed by atoms with van der Waals surface area (Å²) in [6, 6.07) is 111. The standard InChI is InChI=1S/C86H66B2N6/c1-85(2,3)55-41-45-59(46-42-55)91-77-54-78-70(53-69(77)87-67-33-17-23-39-75(67)89(57-25-9-7-10-26-57)79-49-61(51-81(91)83(79)87)93-71-35-19-13-29-63(71)64-30-14-20-36-72(64)93)88-68-34-18-24-40-76(68)90(58-27-11-8-12-28-58)80-50-62(94-73-37-21-15-31-65(73)66-32-16-22-38-74(66)94)52-82(84(80)88)92(78)60-47-43-56(44-48-60)86(4,5)6/h7-54H,1-6H3. The van der Waals surface area contributed by atoms with Crippen molar-refractivity contribution in [3.63, 3.8) is 0 Å². The summed E-state index contributed by atoms with van der Waals surface area (Å²) in [6.45, 7) is 13.6. The van der Waals surface area contributed by atoms with Crippen molar-refractivity contribution in [2.75, 3.05) is 19.6 Å². The van der Waals surface area contributed by atoms with Gasteiger partial charge >= 0.3 is 0 Å². The van der Waals surface area contributed by atoms with Gasteiger partial charge in [-0.3, -0.25) is 0 Å². The molecule has 0 fully saturated rings. The molecule has 0 saturated heterocycles. The zero-order chi connectivity index (χ0) is 62.9. The molecule has 4 aliphatic rings. The topological polar surface area (TPSA) is 22.8 Å². The van der Waals surface area contributed by atoms with Crippen molar-refractivity contribution < 1.29 is 0 Å². The van der Waals surface area contributed by atoms with Gasteiger partial charge in [0.15, 0.2) is 0 Å². The summed E-state index contributed by atoms with van der Waals surface area (Å²) in [5.74, 6) is 0. The fraction of sp³-hybridized carbons (Fsp3) is 0.0930. The number of para-hydroxylation sites is 8. The van der Waals surface area contributed by atoms with Gasteiger partial charge in [0.05, 0.1) is 33.4 Å². The predicted molar refractivity (Wildman–Crippen MR) is 401 cm³/mol. The molecule has 94 heavy (non-hydrogen) atoms. The number of hydrogen-bond acceptors (Lipinski definition) is 4. The Kier molecular flexibility index (Phi) is 11.7. The first-order valence-electron chi connectivity index (χ1n) is 33.1. The molecule has 0 bridgehead atoms. The van der Waals surface area contributed by atoms with E-state index in [1.807, 2.05) is 0 Å². The zero-order valence-corrected chi connectivity index (χ0v) is 53.6. The third-order valence-electron chi connectivity index (χ3n) is 20.7. The molecular weight excluding hydrogens is 1140 g/mol. The van der Waals surface area contributed by atoms with Crippen molar-refractivity contribution in [1.29, 1.82) is 0 Å². The SMILES string of the molecule is CC(C)(C)c1ccc(N2c3cc4c(cc3B3c5ccccc5N(c5ccccc5)c5cc(-n6c7ccccc7c7ccccc76)cc2c53)B2c3ccccc3N(c3ccccc3)c3cc(-n5c6ccccc6c6ccccc65)cc(c32)N4c2ccc(C(C)(C)C)cc2)cc1. The Labute approximate surface area is 549 Å². The van der Waals surface area contributed by atoms with Crippen molar-refractivity contribution >= 4 is 158 Å².